The van der Waals surface area contributed by atoms with Gasteiger partial charge < -0.3 is 0 Å². The topological polar surface area (TPSA) is 65.1 Å². The summed E-state index contributed by atoms with van der Waals surface area (Å²) in [6, 6.07) is 15.9. The van der Waals surface area contributed by atoms with Gasteiger partial charge >= 0.3 is 0 Å². The summed E-state index contributed by atoms with van der Waals surface area (Å²) in [7, 11) is 0. The molecule has 9 heteroatoms. The summed E-state index contributed by atoms with van der Waals surface area (Å²) in [6.07, 6.45) is 0.722. The zero-order valence-electron chi connectivity index (χ0n) is 16.1. The predicted octanol–water partition coefficient (Wildman–Crippen LogP) is 4.59. The monoisotopic (exact) mass is 451 g/mol. The van der Waals surface area contributed by atoms with Gasteiger partial charge in [-0.1, -0.05) is 36.0 Å². The molecule has 0 N–H and O–H groups in total. The lowest BCUT2D eigenvalue weighted by atomic mass is 10.3. The van der Waals surface area contributed by atoms with Crippen LogP contribution in [0, 0.1) is 6.92 Å². The minimum atomic E-state index is -0.0442. The predicted molar refractivity (Wildman–Crippen MR) is 122 cm³/mol. The van der Waals surface area contributed by atoms with Crippen LogP contribution in [0.3, 0.4) is 0 Å². The highest BCUT2D eigenvalue weighted by Gasteiger charge is 2.16. The summed E-state index contributed by atoms with van der Waals surface area (Å²) in [5.74, 6) is 1.44. The average Bonchev–Trinajstić information content (AvgIpc) is 3.49. The van der Waals surface area contributed by atoms with Crippen molar-refractivity contribution in [3.05, 3.63) is 91.7 Å². The number of hydrogen-bond donors (Lipinski definition) is 0. The zero-order chi connectivity index (χ0) is 20.5. The number of rotatable bonds is 6. The molecule has 5 rings (SSSR count). The lowest BCUT2D eigenvalue weighted by molar-refractivity contribution is 0.850. The van der Waals surface area contributed by atoms with Crippen molar-refractivity contribution in [3.63, 3.8) is 0 Å². The van der Waals surface area contributed by atoms with Gasteiger partial charge in [-0.25, -0.2) is 4.98 Å². The third kappa shape index (κ3) is 3.71. The number of nitrogens with zero attached hydrogens (tertiary/aromatic N) is 5. The van der Waals surface area contributed by atoms with Gasteiger partial charge in [-0.05, 0) is 30.5 Å². The Hall–Kier alpha value is -2.75. The van der Waals surface area contributed by atoms with Crippen LogP contribution in [0.5, 0.6) is 0 Å². The van der Waals surface area contributed by atoms with Crippen molar-refractivity contribution in [3.8, 4) is 5.69 Å². The largest absolute Gasteiger partial charge is 0.274 e. The van der Waals surface area contributed by atoms with E-state index in [4.69, 9.17) is 0 Å². The quantitative estimate of drug-likeness (QED) is 0.353. The zero-order valence-corrected chi connectivity index (χ0v) is 18.5. The average molecular weight is 452 g/mol. The van der Waals surface area contributed by atoms with Crippen LogP contribution >= 0.6 is 34.4 Å². The van der Waals surface area contributed by atoms with Crippen LogP contribution in [0.4, 0.5) is 0 Å². The molecule has 0 aliphatic carbocycles. The molecule has 0 radical (unpaired) electrons. The summed E-state index contributed by atoms with van der Waals surface area (Å²) in [4.78, 5) is 19.1. The molecule has 0 amide bonds. The highest BCUT2D eigenvalue weighted by Crippen LogP contribution is 2.26. The van der Waals surface area contributed by atoms with E-state index in [1.165, 1.54) is 28.0 Å². The van der Waals surface area contributed by atoms with Crippen LogP contribution in [0.25, 0.3) is 10.6 Å². The molecule has 0 fully saturated rings. The van der Waals surface area contributed by atoms with E-state index in [1.807, 2.05) is 36.6 Å². The molecule has 4 aromatic heterocycles. The summed E-state index contributed by atoms with van der Waals surface area (Å²) < 4.78 is 3.73. The minimum Gasteiger partial charge on any atom is -0.274 e. The Morgan fingerprint density at radius 1 is 1.07 bits per heavy atom. The lowest BCUT2D eigenvalue weighted by Crippen LogP contribution is -2.14. The van der Waals surface area contributed by atoms with E-state index in [1.54, 1.807) is 21.8 Å². The first-order chi connectivity index (χ1) is 14.7. The van der Waals surface area contributed by atoms with Gasteiger partial charge in [-0.2, -0.15) is 0 Å². The molecule has 0 saturated heterocycles. The number of aryl methyl sites for hydroxylation is 1. The summed E-state index contributed by atoms with van der Waals surface area (Å²) in [6.45, 7) is 1.92. The van der Waals surface area contributed by atoms with Crippen molar-refractivity contribution in [2.45, 2.75) is 24.3 Å². The standard InChI is InChI=1S/C21H17N5OS3/c1-14-12-29-20-22-15(10-19(27)25(14)20)13-30-21-24-23-18(11-17-8-5-9-28-17)26(21)16-6-3-2-4-7-16/h2-10,12H,11,13H2,1H3. The molecule has 0 atom stereocenters. The minimum absolute atomic E-state index is 0.0442. The summed E-state index contributed by atoms with van der Waals surface area (Å²) in [5.41, 5.74) is 2.63. The van der Waals surface area contributed by atoms with Gasteiger partial charge in [0.15, 0.2) is 10.1 Å². The number of aromatic nitrogens is 5. The van der Waals surface area contributed by atoms with E-state index in [9.17, 15) is 4.79 Å². The number of hydrogen-bond acceptors (Lipinski definition) is 7. The fraction of sp³-hybridized carbons (Fsp3) is 0.143. The van der Waals surface area contributed by atoms with Crippen molar-refractivity contribution in [2.75, 3.05) is 0 Å². The number of para-hydroxylation sites is 1. The number of benzene rings is 1. The molecule has 0 aliphatic heterocycles. The molecular weight excluding hydrogens is 434 g/mol. The summed E-state index contributed by atoms with van der Waals surface area (Å²) >= 11 is 4.73. The van der Waals surface area contributed by atoms with E-state index in [2.05, 4.69) is 43.3 Å². The Balaban J connectivity index is 1.47. The number of thioether (sulfide) groups is 1. The first kappa shape index (κ1) is 19.2. The van der Waals surface area contributed by atoms with Crippen LogP contribution < -0.4 is 5.56 Å². The maximum atomic E-state index is 12.5. The van der Waals surface area contributed by atoms with E-state index >= 15 is 0 Å². The molecule has 150 valence electrons. The molecule has 0 aliphatic rings. The van der Waals surface area contributed by atoms with Gasteiger partial charge in [-0.3, -0.25) is 13.8 Å². The summed E-state index contributed by atoms with van der Waals surface area (Å²) in [5, 5.41) is 13.7. The maximum absolute atomic E-state index is 12.5. The van der Waals surface area contributed by atoms with E-state index in [0.717, 1.165) is 39.4 Å². The van der Waals surface area contributed by atoms with E-state index < -0.39 is 0 Å². The molecular formula is C21H17N5OS3. The van der Waals surface area contributed by atoms with Crippen molar-refractivity contribution < 1.29 is 0 Å². The highest BCUT2D eigenvalue weighted by molar-refractivity contribution is 7.98. The fourth-order valence-corrected chi connectivity index (χ4v) is 5.68. The van der Waals surface area contributed by atoms with Gasteiger partial charge in [0, 0.05) is 39.9 Å². The Bertz CT molecular complexity index is 1350. The molecule has 0 saturated carbocycles. The van der Waals surface area contributed by atoms with Gasteiger partial charge in [0.05, 0.1) is 5.69 Å². The highest BCUT2D eigenvalue weighted by atomic mass is 32.2. The van der Waals surface area contributed by atoms with Gasteiger partial charge in [0.2, 0.25) is 0 Å². The van der Waals surface area contributed by atoms with Crippen molar-refractivity contribution in [1.82, 2.24) is 24.1 Å². The molecule has 30 heavy (non-hydrogen) atoms. The van der Waals surface area contributed by atoms with Gasteiger partial charge in [-0.15, -0.1) is 32.9 Å². The first-order valence-corrected chi connectivity index (χ1v) is 12.1. The van der Waals surface area contributed by atoms with Crippen LogP contribution in [-0.4, -0.2) is 24.1 Å². The Kier molecular flexibility index (Phi) is 5.24. The van der Waals surface area contributed by atoms with Gasteiger partial charge in [0.1, 0.15) is 5.82 Å². The molecule has 0 unspecified atom stereocenters. The van der Waals surface area contributed by atoms with Crippen LogP contribution in [0.2, 0.25) is 0 Å². The molecule has 6 nitrogen and oxygen atoms in total. The lowest BCUT2D eigenvalue weighted by Gasteiger charge is -2.09. The van der Waals surface area contributed by atoms with Crippen molar-refractivity contribution in [1.29, 1.82) is 0 Å². The smallest absolute Gasteiger partial charge is 0.258 e. The molecule has 5 aromatic rings. The SMILES string of the molecule is Cc1csc2nc(CSc3nnc(Cc4cccs4)n3-c3ccccc3)cc(=O)n12. The maximum Gasteiger partial charge on any atom is 0.258 e. The number of fused-ring (bicyclic) bond motifs is 1. The Labute approximate surface area is 184 Å². The normalized spacial score (nSPS) is 11.4. The second-order valence-electron chi connectivity index (χ2n) is 6.70. The second-order valence-corrected chi connectivity index (χ2v) is 9.51. The fourth-order valence-electron chi connectivity index (χ4n) is 3.23. The van der Waals surface area contributed by atoms with E-state index in [-0.39, 0.29) is 5.56 Å². The second kappa shape index (κ2) is 8.17. The van der Waals surface area contributed by atoms with Crippen LogP contribution in [-0.2, 0) is 12.2 Å². The molecule has 1 aromatic carbocycles. The first-order valence-electron chi connectivity index (χ1n) is 9.31. The number of thiophene rings is 1. The third-order valence-corrected chi connectivity index (χ3v) is 7.39. The van der Waals surface area contributed by atoms with E-state index in [0.29, 0.717) is 5.75 Å². The Morgan fingerprint density at radius 2 is 1.93 bits per heavy atom. The van der Waals surface area contributed by atoms with Crippen LogP contribution in [0.15, 0.2) is 69.2 Å². The Morgan fingerprint density at radius 3 is 2.73 bits per heavy atom. The van der Waals surface area contributed by atoms with Crippen molar-refractivity contribution in [2.24, 2.45) is 0 Å². The molecule has 0 bridgehead atoms. The van der Waals surface area contributed by atoms with Crippen LogP contribution in [0.1, 0.15) is 22.1 Å². The van der Waals surface area contributed by atoms with Crippen molar-refractivity contribution >= 4 is 39.4 Å². The number of thiazole rings is 1. The molecule has 4 heterocycles. The van der Waals surface area contributed by atoms with Gasteiger partial charge in [0.25, 0.3) is 5.56 Å². The third-order valence-electron chi connectivity index (χ3n) is 4.60. The molecule has 0 spiro atoms.